The topological polar surface area (TPSA) is 40.5 Å². The van der Waals surface area contributed by atoms with Gasteiger partial charge < -0.3 is 5.11 Å². The number of hydrogen-bond acceptors (Lipinski definition) is 2. The lowest BCUT2D eigenvalue weighted by Crippen LogP contribution is -2.50. The normalized spacial score (nSPS) is 18.4. The van der Waals surface area contributed by atoms with Crippen molar-refractivity contribution in [3.63, 3.8) is 0 Å². The second-order valence-corrected chi connectivity index (χ2v) is 5.59. The minimum absolute atomic E-state index is 0.204. The van der Waals surface area contributed by atoms with Crippen molar-refractivity contribution in [3.05, 3.63) is 34.1 Å². The number of aliphatic carboxylic acids is 1. The molecule has 0 spiro atoms. The van der Waals surface area contributed by atoms with Gasteiger partial charge in [0.1, 0.15) is 5.82 Å². The Morgan fingerprint density at radius 2 is 2.28 bits per heavy atom. The van der Waals surface area contributed by atoms with Gasteiger partial charge in [-0.05, 0) is 33.5 Å². The van der Waals surface area contributed by atoms with Gasteiger partial charge in [0, 0.05) is 19.6 Å². The molecule has 0 saturated carbocycles. The molecule has 0 radical (unpaired) electrons. The van der Waals surface area contributed by atoms with Crippen LogP contribution in [-0.4, -0.2) is 29.1 Å². The van der Waals surface area contributed by atoms with Gasteiger partial charge in [-0.15, -0.1) is 0 Å². The zero-order chi connectivity index (χ0) is 13.3. The molecule has 1 aromatic carbocycles. The summed E-state index contributed by atoms with van der Waals surface area (Å²) in [6.07, 6.45) is 0. The molecule has 1 saturated heterocycles. The van der Waals surface area contributed by atoms with Crippen LogP contribution in [0.1, 0.15) is 12.5 Å². The lowest BCUT2D eigenvalue weighted by atomic mass is 9.87. The smallest absolute Gasteiger partial charge is 0.306 e. The number of carboxylic acids is 1. The first-order valence-electron chi connectivity index (χ1n) is 5.87. The van der Waals surface area contributed by atoms with Crippen LogP contribution in [0.3, 0.4) is 0 Å². The van der Waals surface area contributed by atoms with Gasteiger partial charge in [0.05, 0.1) is 10.4 Å². The fraction of sp³-hybridized carbons (Fsp3) is 0.462. The second kappa shape index (κ2) is 5.36. The van der Waals surface area contributed by atoms with Crippen LogP contribution in [0.15, 0.2) is 22.7 Å². The monoisotopic (exact) mass is 315 g/mol. The van der Waals surface area contributed by atoms with E-state index in [-0.39, 0.29) is 17.7 Å². The second-order valence-electron chi connectivity index (χ2n) is 4.79. The molecule has 2 rings (SSSR count). The summed E-state index contributed by atoms with van der Waals surface area (Å²) in [5, 5.41) is 8.90. The molecule has 0 amide bonds. The summed E-state index contributed by atoms with van der Waals surface area (Å²) in [5.41, 5.74) is 0.899. The van der Waals surface area contributed by atoms with Crippen LogP contribution in [0.25, 0.3) is 0 Å². The van der Waals surface area contributed by atoms with E-state index in [4.69, 9.17) is 5.11 Å². The van der Waals surface area contributed by atoms with Gasteiger partial charge in [-0.3, -0.25) is 9.69 Å². The molecule has 1 aromatic rings. The van der Waals surface area contributed by atoms with Crippen molar-refractivity contribution in [2.24, 2.45) is 11.8 Å². The first-order valence-corrected chi connectivity index (χ1v) is 6.66. The Hall–Kier alpha value is -0.940. The molecule has 0 bridgehead atoms. The number of likely N-dealkylation sites (tertiary alicyclic amines) is 1. The summed E-state index contributed by atoms with van der Waals surface area (Å²) in [6, 6.07) is 4.98. The van der Waals surface area contributed by atoms with Crippen molar-refractivity contribution in [1.29, 1.82) is 0 Å². The molecule has 5 heteroatoms. The highest BCUT2D eigenvalue weighted by atomic mass is 79.9. The first kappa shape index (κ1) is 13.5. The van der Waals surface area contributed by atoms with Gasteiger partial charge >= 0.3 is 5.97 Å². The summed E-state index contributed by atoms with van der Waals surface area (Å²) < 4.78 is 13.8. The van der Waals surface area contributed by atoms with Crippen LogP contribution >= 0.6 is 15.9 Å². The van der Waals surface area contributed by atoms with Crippen molar-refractivity contribution in [2.75, 3.05) is 13.1 Å². The fourth-order valence-electron chi connectivity index (χ4n) is 2.17. The lowest BCUT2D eigenvalue weighted by Gasteiger charge is -2.41. The third-order valence-corrected chi connectivity index (χ3v) is 4.40. The Kier molecular flexibility index (Phi) is 4.02. The number of carbonyl (C=O) groups is 1. The summed E-state index contributed by atoms with van der Waals surface area (Å²) in [6.45, 7) is 3.91. The highest BCUT2D eigenvalue weighted by molar-refractivity contribution is 9.10. The van der Waals surface area contributed by atoms with E-state index >= 15 is 0 Å². The van der Waals surface area contributed by atoms with Crippen molar-refractivity contribution in [2.45, 2.75) is 13.5 Å². The van der Waals surface area contributed by atoms with E-state index < -0.39 is 5.97 Å². The maximum absolute atomic E-state index is 13.3. The molecule has 1 aliphatic rings. The molecule has 0 aromatic heterocycles. The van der Waals surface area contributed by atoms with Crippen molar-refractivity contribution < 1.29 is 14.3 Å². The SMILES string of the molecule is CC(C(=O)O)C1CN(Cc2cccc(F)c2Br)C1. The van der Waals surface area contributed by atoms with Crippen LogP contribution in [0.2, 0.25) is 0 Å². The van der Waals surface area contributed by atoms with Gasteiger partial charge in [-0.2, -0.15) is 0 Å². The van der Waals surface area contributed by atoms with Gasteiger partial charge in [0.15, 0.2) is 0 Å². The van der Waals surface area contributed by atoms with Crippen LogP contribution in [-0.2, 0) is 11.3 Å². The minimum Gasteiger partial charge on any atom is -0.481 e. The third kappa shape index (κ3) is 2.72. The van der Waals surface area contributed by atoms with E-state index in [1.165, 1.54) is 6.07 Å². The van der Waals surface area contributed by atoms with E-state index in [0.29, 0.717) is 11.0 Å². The van der Waals surface area contributed by atoms with Gasteiger partial charge in [0.2, 0.25) is 0 Å². The minimum atomic E-state index is -0.744. The summed E-state index contributed by atoms with van der Waals surface area (Å²) >= 11 is 3.23. The molecule has 3 nitrogen and oxygen atoms in total. The zero-order valence-corrected chi connectivity index (χ0v) is 11.7. The molecule has 1 unspecified atom stereocenters. The Bertz CT molecular complexity index is 460. The van der Waals surface area contributed by atoms with Gasteiger partial charge in [-0.1, -0.05) is 19.1 Å². The van der Waals surface area contributed by atoms with E-state index in [2.05, 4.69) is 20.8 Å². The third-order valence-electron chi connectivity index (χ3n) is 3.51. The number of halogens is 2. The molecule has 1 fully saturated rings. The van der Waals surface area contributed by atoms with Gasteiger partial charge in [-0.25, -0.2) is 4.39 Å². The molecule has 1 aliphatic heterocycles. The Morgan fingerprint density at radius 1 is 1.61 bits per heavy atom. The number of rotatable bonds is 4. The summed E-state index contributed by atoms with van der Waals surface area (Å²) in [4.78, 5) is 13.0. The molecule has 0 aliphatic carbocycles. The maximum atomic E-state index is 13.3. The fourth-order valence-corrected chi connectivity index (χ4v) is 2.56. The Labute approximate surface area is 114 Å². The number of carboxylic acid groups (broad SMARTS) is 1. The van der Waals surface area contributed by atoms with Crippen molar-refractivity contribution in [1.82, 2.24) is 4.90 Å². The molecule has 1 N–H and O–H groups in total. The first-order chi connectivity index (χ1) is 8.49. The van der Waals surface area contributed by atoms with Crippen LogP contribution in [0, 0.1) is 17.7 Å². The molecule has 1 heterocycles. The average molecular weight is 316 g/mol. The highest BCUT2D eigenvalue weighted by Gasteiger charge is 2.34. The van der Waals surface area contributed by atoms with Crippen molar-refractivity contribution in [3.8, 4) is 0 Å². The quantitative estimate of drug-likeness (QED) is 0.928. The summed E-state index contributed by atoms with van der Waals surface area (Å²) in [5.74, 6) is -1.11. The Morgan fingerprint density at radius 3 is 2.89 bits per heavy atom. The zero-order valence-electron chi connectivity index (χ0n) is 10.1. The predicted octanol–water partition coefficient (Wildman–Crippen LogP) is 2.74. The molecular weight excluding hydrogens is 301 g/mol. The standard InChI is InChI=1S/C13H15BrFNO2/c1-8(13(17)18)10-6-16(7-10)5-9-3-2-4-11(15)12(9)14/h2-4,8,10H,5-7H2,1H3,(H,17,18). The Balaban J connectivity index is 1.91. The lowest BCUT2D eigenvalue weighted by molar-refractivity contribution is -0.145. The molecule has 1 atom stereocenters. The number of hydrogen-bond donors (Lipinski definition) is 1. The van der Waals surface area contributed by atoms with Crippen LogP contribution in [0.5, 0.6) is 0 Å². The number of nitrogens with zero attached hydrogens (tertiary/aromatic N) is 1. The van der Waals surface area contributed by atoms with E-state index in [1.54, 1.807) is 13.0 Å². The number of benzene rings is 1. The van der Waals surface area contributed by atoms with E-state index in [1.807, 2.05) is 6.07 Å². The van der Waals surface area contributed by atoms with Gasteiger partial charge in [0.25, 0.3) is 0 Å². The predicted molar refractivity (Wildman–Crippen MR) is 69.7 cm³/mol. The molecule has 18 heavy (non-hydrogen) atoms. The average Bonchev–Trinajstić information content (AvgIpc) is 2.27. The van der Waals surface area contributed by atoms with E-state index in [0.717, 1.165) is 18.7 Å². The molecule has 98 valence electrons. The maximum Gasteiger partial charge on any atom is 0.306 e. The van der Waals surface area contributed by atoms with E-state index in [9.17, 15) is 9.18 Å². The molecular formula is C13H15BrFNO2. The highest BCUT2D eigenvalue weighted by Crippen LogP contribution is 2.28. The largest absolute Gasteiger partial charge is 0.481 e. The van der Waals surface area contributed by atoms with Crippen LogP contribution < -0.4 is 0 Å². The summed E-state index contributed by atoms with van der Waals surface area (Å²) in [7, 11) is 0. The van der Waals surface area contributed by atoms with Crippen molar-refractivity contribution >= 4 is 21.9 Å². The van der Waals surface area contributed by atoms with Crippen LogP contribution in [0.4, 0.5) is 4.39 Å².